The van der Waals surface area contributed by atoms with Crippen LogP contribution in [0.4, 0.5) is 0 Å². The summed E-state index contributed by atoms with van der Waals surface area (Å²) in [7, 11) is 0. The summed E-state index contributed by atoms with van der Waals surface area (Å²) in [6, 6.07) is 0. The maximum Gasteiger partial charge on any atom is 0.0704 e. The number of hydrogen-bond acceptors (Lipinski definition) is 3. The van der Waals surface area contributed by atoms with Crippen LogP contribution < -0.4 is 5.73 Å². The van der Waals surface area contributed by atoms with Gasteiger partial charge >= 0.3 is 0 Å². The van der Waals surface area contributed by atoms with Crippen LogP contribution in [0, 0.1) is 16.7 Å². The van der Waals surface area contributed by atoms with Gasteiger partial charge < -0.3 is 15.4 Å². The van der Waals surface area contributed by atoms with Crippen molar-refractivity contribution in [3.63, 3.8) is 0 Å². The topological polar surface area (TPSA) is 38.5 Å². The zero-order valence-corrected chi connectivity index (χ0v) is 16.8. The predicted octanol–water partition coefficient (Wildman–Crippen LogP) is 4.45. The van der Waals surface area contributed by atoms with Crippen molar-refractivity contribution in [2.45, 2.75) is 85.2 Å². The highest BCUT2D eigenvalue weighted by molar-refractivity contribution is 4.90. The Labute approximate surface area is 150 Å². The van der Waals surface area contributed by atoms with E-state index < -0.39 is 0 Å². The first-order valence-corrected chi connectivity index (χ1v) is 10.4. The molecule has 2 N–H and O–H groups in total. The largest absolute Gasteiger partial charge is 0.377 e. The monoisotopic (exact) mass is 338 g/mol. The van der Waals surface area contributed by atoms with Crippen molar-refractivity contribution < 1.29 is 4.74 Å². The van der Waals surface area contributed by atoms with Crippen LogP contribution in [0.3, 0.4) is 0 Å². The second kappa shape index (κ2) is 9.00. The van der Waals surface area contributed by atoms with Gasteiger partial charge in [0.25, 0.3) is 0 Å². The van der Waals surface area contributed by atoms with Gasteiger partial charge in [0, 0.05) is 26.2 Å². The first-order valence-electron chi connectivity index (χ1n) is 10.4. The predicted molar refractivity (Wildman–Crippen MR) is 103 cm³/mol. The van der Waals surface area contributed by atoms with E-state index in [2.05, 4.69) is 32.6 Å². The number of nitrogens with zero attached hydrogens (tertiary/aromatic N) is 1. The highest BCUT2D eigenvalue weighted by Crippen LogP contribution is 2.38. The van der Waals surface area contributed by atoms with Crippen molar-refractivity contribution in [2.75, 3.05) is 32.8 Å². The van der Waals surface area contributed by atoms with Gasteiger partial charge in [-0.3, -0.25) is 0 Å². The Bertz CT molecular complexity index is 359. The maximum atomic E-state index is 6.24. The molecular weight excluding hydrogens is 296 g/mol. The molecule has 1 aliphatic carbocycles. The molecule has 0 spiro atoms. The third-order valence-corrected chi connectivity index (χ3v) is 6.97. The minimum Gasteiger partial charge on any atom is -0.377 e. The Morgan fingerprint density at radius 1 is 0.958 bits per heavy atom. The van der Waals surface area contributed by atoms with Crippen molar-refractivity contribution in [2.24, 2.45) is 22.5 Å². The van der Waals surface area contributed by atoms with Crippen molar-refractivity contribution in [1.29, 1.82) is 0 Å². The summed E-state index contributed by atoms with van der Waals surface area (Å²) in [6.07, 6.45) is 11.5. The third kappa shape index (κ3) is 5.71. The summed E-state index contributed by atoms with van der Waals surface area (Å²) in [5.41, 5.74) is 6.44. The van der Waals surface area contributed by atoms with Crippen LogP contribution >= 0.6 is 0 Å². The first-order chi connectivity index (χ1) is 11.3. The van der Waals surface area contributed by atoms with Crippen LogP contribution in [0.5, 0.6) is 0 Å². The van der Waals surface area contributed by atoms with Crippen LogP contribution in [0.1, 0.15) is 79.1 Å². The molecule has 24 heavy (non-hydrogen) atoms. The summed E-state index contributed by atoms with van der Waals surface area (Å²) in [5, 5.41) is 0. The van der Waals surface area contributed by atoms with Crippen LogP contribution in [0.2, 0.25) is 0 Å². The zero-order valence-electron chi connectivity index (χ0n) is 16.8. The first kappa shape index (κ1) is 20.2. The molecule has 2 fully saturated rings. The van der Waals surface area contributed by atoms with Gasteiger partial charge in [-0.1, -0.05) is 66.2 Å². The second-order valence-electron chi connectivity index (χ2n) is 9.65. The third-order valence-electron chi connectivity index (χ3n) is 6.97. The van der Waals surface area contributed by atoms with Gasteiger partial charge in [-0.15, -0.1) is 0 Å². The Kier molecular flexibility index (Phi) is 7.58. The van der Waals surface area contributed by atoms with Crippen molar-refractivity contribution >= 4 is 0 Å². The minimum atomic E-state index is 0.164. The van der Waals surface area contributed by atoms with E-state index >= 15 is 0 Å². The van der Waals surface area contributed by atoms with Crippen LogP contribution in [0.15, 0.2) is 0 Å². The molecule has 0 aromatic carbocycles. The van der Waals surface area contributed by atoms with E-state index in [-0.39, 0.29) is 10.8 Å². The van der Waals surface area contributed by atoms with Crippen molar-refractivity contribution in [1.82, 2.24) is 4.90 Å². The van der Waals surface area contributed by atoms with E-state index in [1.54, 1.807) is 0 Å². The average molecular weight is 339 g/mol. The Morgan fingerprint density at radius 3 is 2.25 bits per heavy atom. The van der Waals surface area contributed by atoms with Crippen LogP contribution in [-0.2, 0) is 4.74 Å². The molecule has 0 radical (unpaired) electrons. The summed E-state index contributed by atoms with van der Waals surface area (Å²) < 4.78 is 6.24. The van der Waals surface area contributed by atoms with Gasteiger partial charge in [-0.25, -0.2) is 0 Å². The number of ether oxygens (including phenoxy) is 1. The molecular formula is C21H42N2O. The molecule has 2 aliphatic rings. The lowest BCUT2D eigenvalue weighted by molar-refractivity contribution is 0.0175. The molecule has 1 saturated heterocycles. The number of hydrogen-bond donors (Lipinski definition) is 1. The molecule has 3 heteroatoms. The summed E-state index contributed by atoms with van der Waals surface area (Å²) in [6.45, 7) is 14.5. The van der Waals surface area contributed by atoms with E-state index in [9.17, 15) is 0 Å². The second-order valence-corrected chi connectivity index (χ2v) is 9.65. The molecule has 0 bridgehead atoms. The van der Waals surface area contributed by atoms with E-state index in [0.717, 1.165) is 32.2 Å². The molecule has 0 aromatic heterocycles. The minimum absolute atomic E-state index is 0.164. The van der Waals surface area contributed by atoms with Crippen LogP contribution in [-0.4, -0.2) is 43.8 Å². The zero-order chi connectivity index (χ0) is 17.6. The van der Waals surface area contributed by atoms with Gasteiger partial charge in [0.1, 0.15) is 0 Å². The fourth-order valence-corrected chi connectivity index (χ4v) is 4.28. The van der Waals surface area contributed by atoms with Crippen LogP contribution in [0.25, 0.3) is 0 Å². The molecule has 142 valence electrons. The molecule has 0 amide bonds. The highest BCUT2D eigenvalue weighted by atomic mass is 16.5. The normalized spacial score (nSPS) is 26.1. The maximum absolute atomic E-state index is 6.24. The fourth-order valence-electron chi connectivity index (χ4n) is 4.28. The SMILES string of the molecule is CC(C)(CN)C(C)(C)CN1CCCOC(CC2CCCCCC2)C1. The van der Waals surface area contributed by atoms with Crippen molar-refractivity contribution in [3.05, 3.63) is 0 Å². The lowest BCUT2D eigenvalue weighted by Gasteiger charge is -2.44. The molecule has 0 aromatic rings. The molecule has 1 unspecified atom stereocenters. The van der Waals surface area contributed by atoms with E-state index in [1.807, 2.05) is 0 Å². The van der Waals surface area contributed by atoms with Gasteiger partial charge in [0.05, 0.1) is 6.10 Å². The molecule has 1 aliphatic heterocycles. The Balaban J connectivity index is 1.91. The van der Waals surface area contributed by atoms with Crippen molar-refractivity contribution in [3.8, 4) is 0 Å². The smallest absolute Gasteiger partial charge is 0.0704 e. The standard InChI is InChI=1S/C21H42N2O/c1-20(2,16-22)21(3,4)17-23-12-9-13-24-19(15-23)14-18-10-7-5-6-8-11-18/h18-19H,5-17,22H2,1-4H3. The van der Waals surface area contributed by atoms with Gasteiger partial charge in [0.2, 0.25) is 0 Å². The summed E-state index contributed by atoms with van der Waals surface area (Å²) >= 11 is 0. The highest BCUT2D eigenvalue weighted by Gasteiger charge is 2.38. The Hall–Kier alpha value is -0.120. The molecule has 1 saturated carbocycles. The van der Waals surface area contributed by atoms with E-state index in [0.29, 0.717) is 6.10 Å². The lowest BCUT2D eigenvalue weighted by Crippen LogP contribution is -2.48. The number of nitrogens with two attached hydrogens (primary N) is 1. The van der Waals surface area contributed by atoms with Gasteiger partial charge in [-0.2, -0.15) is 0 Å². The summed E-state index contributed by atoms with van der Waals surface area (Å²) in [5.74, 6) is 0.894. The van der Waals surface area contributed by atoms with E-state index in [4.69, 9.17) is 10.5 Å². The Morgan fingerprint density at radius 2 is 1.62 bits per heavy atom. The molecule has 3 nitrogen and oxygen atoms in total. The molecule has 1 heterocycles. The fraction of sp³-hybridized carbons (Fsp3) is 1.00. The molecule has 2 rings (SSSR count). The average Bonchev–Trinajstić information content (AvgIpc) is 2.90. The van der Waals surface area contributed by atoms with E-state index in [1.165, 1.54) is 57.9 Å². The number of rotatable bonds is 6. The van der Waals surface area contributed by atoms with Gasteiger partial charge in [0.15, 0.2) is 0 Å². The quantitative estimate of drug-likeness (QED) is 0.727. The molecule has 1 atom stereocenters. The lowest BCUT2D eigenvalue weighted by atomic mass is 9.67. The summed E-state index contributed by atoms with van der Waals surface area (Å²) in [4.78, 5) is 2.66. The van der Waals surface area contributed by atoms with Gasteiger partial charge in [-0.05, 0) is 36.1 Å².